The number of unbranched alkanes of at least 4 members (excludes halogenated alkanes) is 6. The molecule has 0 saturated heterocycles. The van der Waals surface area contributed by atoms with Crippen LogP contribution in [0.15, 0.2) is 24.3 Å². The van der Waals surface area contributed by atoms with E-state index in [1.54, 1.807) is 12.1 Å². The van der Waals surface area contributed by atoms with Crippen LogP contribution in [0, 0.1) is 0 Å². The zero-order valence-electron chi connectivity index (χ0n) is 13.3. The SMILES string of the molecule is CCCCCCCCCC(C)c1ccc(C(=O)O)cc1.Cl. The van der Waals surface area contributed by atoms with Crippen molar-refractivity contribution < 1.29 is 9.90 Å². The maximum atomic E-state index is 10.8. The minimum Gasteiger partial charge on any atom is -0.478 e. The summed E-state index contributed by atoms with van der Waals surface area (Å²) in [6, 6.07) is 7.32. The van der Waals surface area contributed by atoms with Crippen LogP contribution in [0.5, 0.6) is 0 Å². The molecule has 21 heavy (non-hydrogen) atoms. The number of carbonyl (C=O) groups is 1. The molecule has 0 radical (unpaired) electrons. The Morgan fingerprint density at radius 3 is 2.05 bits per heavy atom. The third-order valence-corrected chi connectivity index (χ3v) is 3.97. The van der Waals surface area contributed by atoms with Crippen LogP contribution in [0.25, 0.3) is 0 Å². The van der Waals surface area contributed by atoms with Crippen LogP contribution in [0.1, 0.15) is 87.1 Å². The Labute approximate surface area is 135 Å². The van der Waals surface area contributed by atoms with Gasteiger partial charge in [0.2, 0.25) is 0 Å². The third-order valence-electron chi connectivity index (χ3n) is 3.97. The summed E-state index contributed by atoms with van der Waals surface area (Å²) in [6.07, 6.45) is 10.6. The summed E-state index contributed by atoms with van der Waals surface area (Å²) in [5.41, 5.74) is 1.62. The lowest BCUT2D eigenvalue weighted by Crippen LogP contribution is -1.98. The molecule has 0 aliphatic carbocycles. The summed E-state index contributed by atoms with van der Waals surface area (Å²) in [5.74, 6) is -0.329. The highest BCUT2D eigenvalue weighted by molar-refractivity contribution is 5.87. The second kappa shape index (κ2) is 11.6. The number of hydrogen-bond donors (Lipinski definition) is 1. The van der Waals surface area contributed by atoms with Gasteiger partial charge in [0.1, 0.15) is 0 Å². The fourth-order valence-corrected chi connectivity index (χ4v) is 2.53. The van der Waals surface area contributed by atoms with Gasteiger partial charge in [-0.1, -0.05) is 70.9 Å². The van der Waals surface area contributed by atoms with E-state index in [4.69, 9.17) is 5.11 Å². The number of aromatic carboxylic acids is 1. The molecule has 1 atom stereocenters. The van der Waals surface area contributed by atoms with Crippen LogP contribution in [0.4, 0.5) is 0 Å². The van der Waals surface area contributed by atoms with Gasteiger partial charge < -0.3 is 5.11 Å². The molecule has 2 nitrogen and oxygen atoms in total. The molecule has 0 aliphatic rings. The minimum atomic E-state index is -0.851. The summed E-state index contributed by atoms with van der Waals surface area (Å²) in [4.78, 5) is 10.8. The molecule has 0 amide bonds. The predicted molar refractivity (Wildman–Crippen MR) is 91.7 cm³/mol. The molecular weight excluding hydrogens is 284 g/mol. The molecule has 1 rings (SSSR count). The Morgan fingerprint density at radius 2 is 1.52 bits per heavy atom. The van der Waals surface area contributed by atoms with Gasteiger partial charge in [0.05, 0.1) is 5.56 Å². The van der Waals surface area contributed by atoms with Crippen LogP contribution < -0.4 is 0 Å². The van der Waals surface area contributed by atoms with Gasteiger partial charge in [0, 0.05) is 0 Å². The van der Waals surface area contributed by atoms with Gasteiger partial charge in [-0.25, -0.2) is 4.79 Å². The van der Waals surface area contributed by atoms with E-state index in [0.29, 0.717) is 11.5 Å². The van der Waals surface area contributed by atoms with Gasteiger partial charge >= 0.3 is 5.97 Å². The highest BCUT2D eigenvalue weighted by atomic mass is 35.5. The number of hydrogen-bond acceptors (Lipinski definition) is 1. The zero-order valence-corrected chi connectivity index (χ0v) is 14.1. The number of halogens is 1. The van der Waals surface area contributed by atoms with Gasteiger partial charge in [-0.2, -0.15) is 0 Å². The molecule has 0 heterocycles. The molecule has 0 bridgehead atoms. The van der Waals surface area contributed by atoms with Gasteiger partial charge in [-0.05, 0) is 30.0 Å². The maximum absolute atomic E-state index is 10.8. The summed E-state index contributed by atoms with van der Waals surface area (Å²) in [7, 11) is 0. The van der Waals surface area contributed by atoms with Crippen molar-refractivity contribution in [2.45, 2.75) is 71.1 Å². The Bertz CT molecular complexity index is 387. The van der Waals surface area contributed by atoms with E-state index in [2.05, 4.69) is 13.8 Å². The van der Waals surface area contributed by atoms with Gasteiger partial charge in [0.15, 0.2) is 0 Å². The summed E-state index contributed by atoms with van der Waals surface area (Å²) in [5, 5.41) is 8.88. The molecule has 120 valence electrons. The molecule has 1 aromatic rings. The Kier molecular flexibility index (Phi) is 11.1. The lowest BCUT2D eigenvalue weighted by molar-refractivity contribution is 0.0697. The first kappa shape index (κ1) is 20.0. The third kappa shape index (κ3) is 8.11. The van der Waals surface area contributed by atoms with Crippen molar-refractivity contribution >= 4 is 18.4 Å². The molecule has 0 spiro atoms. The summed E-state index contributed by atoms with van der Waals surface area (Å²) >= 11 is 0. The standard InChI is InChI=1S/C18H28O2.ClH/c1-3-4-5-6-7-8-9-10-15(2)16-11-13-17(14-12-16)18(19)20;/h11-15H,3-10H2,1-2H3,(H,19,20);1H. The van der Waals surface area contributed by atoms with Crippen LogP contribution >= 0.6 is 12.4 Å². The monoisotopic (exact) mass is 312 g/mol. The zero-order chi connectivity index (χ0) is 14.8. The smallest absolute Gasteiger partial charge is 0.335 e. The lowest BCUT2D eigenvalue weighted by atomic mass is 9.94. The minimum absolute atomic E-state index is 0. The van der Waals surface area contributed by atoms with E-state index in [9.17, 15) is 4.79 Å². The van der Waals surface area contributed by atoms with Gasteiger partial charge in [-0.3, -0.25) is 0 Å². The topological polar surface area (TPSA) is 37.3 Å². The second-order valence-corrected chi connectivity index (χ2v) is 5.74. The average Bonchev–Trinajstić information content (AvgIpc) is 2.46. The van der Waals surface area contributed by atoms with E-state index in [1.807, 2.05) is 12.1 Å². The molecule has 0 aliphatic heterocycles. The van der Waals surface area contributed by atoms with Gasteiger partial charge in [-0.15, -0.1) is 12.4 Å². The first-order valence-electron chi connectivity index (χ1n) is 7.98. The highest BCUT2D eigenvalue weighted by Gasteiger charge is 2.07. The number of benzene rings is 1. The van der Waals surface area contributed by atoms with Gasteiger partial charge in [0.25, 0.3) is 0 Å². The molecule has 1 N–H and O–H groups in total. The van der Waals surface area contributed by atoms with Crippen molar-refractivity contribution in [2.24, 2.45) is 0 Å². The van der Waals surface area contributed by atoms with Crippen molar-refractivity contribution in [1.29, 1.82) is 0 Å². The van der Waals surface area contributed by atoms with Crippen LogP contribution in [0.3, 0.4) is 0 Å². The lowest BCUT2D eigenvalue weighted by Gasteiger charge is -2.12. The normalized spacial score (nSPS) is 11.7. The quantitative estimate of drug-likeness (QED) is 0.534. The van der Waals surface area contributed by atoms with E-state index in [-0.39, 0.29) is 12.4 Å². The van der Waals surface area contributed by atoms with Crippen molar-refractivity contribution in [3.63, 3.8) is 0 Å². The Balaban J connectivity index is 0.00000400. The summed E-state index contributed by atoms with van der Waals surface area (Å²) < 4.78 is 0. The largest absolute Gasteiger partial charge is 0.478 e. The molecule has 1 unspecified atom stereocenters. The predicted octanol–water partition coefficient (Wildman–Crippen LogP) is 6.05. The van der Waals surface area contributed by atoms with Crippen molar-refractivity contribution in [1.82, 2.24) is 0 Å². The molecule has 3 heteroatoms. The molecular formula is C18H29ClO2. The van der Waals surface area contributed by atoms with E-state index in [0.717, 1.165) is 0 Å². The van der Waals surface area contributed by atoms with E-state index < -0.39 is 5.97 Å². The fraction of sp³-hybridized carbons (Fsp3) is 0.611. The second-order valence-electron chi connectivity index (χ2n) is 5.74. The van der Waals surface area contributed by atoms with E-state index >= 15 is 0 Å². The van der Waals surface area contributed by atoms with Crippen molar-refractivity contribution in [3.8, 4) is 0 Å². The van der Waals surface area contributed by atoms with Crippen molar-refractivity contribution in [2.75, 3.05) is 0 Å². The Hall–Kier alpha value is -1.02. The fourth-order valence-electron chi connectivity index (χ4n) is 2.53. The van der Waals surface area contributed by atoms with Crippen LogP contribution in [-0.4, -0.2) is 11.1 Å². The number of carboxylic acids is 1. The molecule has 0 aromatic heterocycles. The van der Waals surface area contributed by atoms with E-state index in [1.165, 1.54) is 56.9 Å². The van der Waals surface area contributed by atoms with Crippen LogP contribution in [0.2, 0.25) is 0 Å². The summed E-state index contributed by atoms with van der Waals surface area (Å²) in [6.45, 7) is 4.48. The Morgan fingerprint density at radius 1 is 1.00 bits per heavy atom. The highest BCUT2D eigenvalue weighted by Crippen LogP contribution is 2.22. The number of carboxylic acid groups (broad SMARTS) is 1. The first-order valence-corrected chi connectivity index (χ1v) is 7.98. The molecule has 1 aromatic carbocycles. The average molecular weight is 313 g/mol. The number of rotatable bonds is 10. The maximum Gasteiger partial charge on any atom is 0.335 e. The van der Waals surface area contributed by atoms with Crippen LogP contribution in [-0.2, 0) is 0 Å². The first-order chi connectivity index (χ1) is 9.65. The molecule has 0 fully saturated rings. The molecule has 0 saturated carbocycles. The van der Waals surface area contributed by atoms with Crippen molar-refractivity contribution in [3.05, 3.63) is 35.4 Å².